The van der Waals surface area contributed by atoms with Crippen molar-refractivity contribution in [3.8, 4) is 17.2 Å². The first-order valence-corrected chi connectivity index (χ1v) is 12.5. The minimum absolute atomic E-state index is 0.190. The molecule has 0 aliphatic heterocycles. The largest absolute Gasteiger partial charge is 0.508 e. The van der Waals surface area contributed by atoms with Gasteiger partial charge in [-0.3, -0.25) is 9.59 Å². The van der Waals surface area contributed by atoms with Crippen LogP contribution in [0.1, 0.15) is 71.6 Å². The van der Waals surface area contributed by atoms with E-state index >= 15 is 0 Å². The Morgan fingerprint density at radius 1 is 0.622 bits per heavy atom. The summed E-state index contributed by atoms with van der Waals surface area (Å²) in [6.07, 6.45) is 0.734. The summed E-state index contributed by atoms with van der Waals surface area (Å²) in [5, 5.41) is 9.86. The monoisotopic (exact) mass is 500 g/mol. The zero-order valence-electron chi connectivity index (χ0n) is 22.7. The van der Waals surface area contributed by atoms with E-state index in [9.17, 15) is 14.7 Å². The number of carbonyl (C=O) groups excluding carboxylic acids is 2. The third-order valence-electron chi connectivity index (χ3n) is 5.80. The minimum atomic E-state index is -0.599. The number of aromatic hydroxyl groups is 1. The van der Waals surface area contributed by atoms with Gasteiger partial charge >= 0.3 is 11.9 Å². The lowest BCUT2D eigenvalue weighted by molar-refractivity contribution is -0.143. The summed E-state index contributed by atoms with van der Waals surface area (Å²) < 4.78 is 11.1. The molecule has 0 fully saturated rings. The molecule has 0 amide bonds. The topological polar surface area (TPSA) is 72.8 Å². The molecule has 5 heteroatoms. The van der Waals surface area contributed by atoms with Gasteiger partial charge in [0, 0.05) is 0 Å². The van der Waals surface area contributed by atoms with Crippen LogP contribution in [0.3, 0.4) is 0 Å². The average molecular weight is 501 g/mol. The van der Waals surface area contributed by atoms with Crippen molar-refractivity contribution in [3.05, 3.63) is 89.5 Å². The van der Waals surface area contributed by atoms with Crippen LogP contribution in [-0.2, 0) is 9.59 Å². The van der Waals surface area contributed by atoms with Crippen LogP contribution < -0.4 is 9.47 Å². The first-order chi connectivity index (χ1) is 17.3. The zero-order chi connectivity index (χ0) is 27.4. The van der Waals surface area contributed by atoms with Gasteiger partial charge < -0.3 is 14.6 Å². The third kappa shape index (κ3) is 7.10. The highest BCUT2D eigenvalue weighted by atomic mass is 16.5. The van der Waals surface area contributed by atoms with Gasteiger partial charge in [0.25, 0.3) is 0 Å². The summed E-state index contributed by atoms with van der Waals surface area (Å²) in [7, 11) is 0. The van der Waals surface area contributed by atoms with Crippen molar-refractivity contribution in [3.63, 3.8) is 0 Å². The van der Waals surface area contributed by atoms with E-state index in [-0.39, 0.29) is 17.7 Å². The molecule has 194 valence electrons. The second kappa shape index (κ2) is 11.0. The van der Waals surface area contributed by atoms with E-state index in [4.69, 9.17) is 9.47 Å². The first kappa shape index (κ1) is 27.7. The van der Waals surface area contributed by atoms with Gasteiger partial charge in [-0.15, -0.1) is 0 Å². The maximum absolute atomic E-state index is 12.3. The fourth-order valence-corrected chi connectivity index (χ4v) is 3.60. The number of ether oxygens (including phenoxy) is 2. The summed E-state index contributed by atoms with van der Waals surface area (Å²) in [4.78, 5) is 24.6. The second-order valence-electron chi connectivity index (χ2n) is 11.1. The lowest BCUT2D eigenvalue weighted by atomic mass is 9.88. The lowest BCUT2D eigenvalue weighted by Gasteiger charge is -2.19. The van der Waals surface area contributed by atoms with E-state index in [0.717, 1.165) is 34.3 Å². The second-order valence-corrected chi connectivity index (χ2v) is 11.1. The molecule has 0 bridgehead atoms. The third-order valence-corrected chi connectivity index (χ3v) is 5.80. The number of carbonyl (C=O) groups is 2. The van der Waals surface area contributed by atoms with Crippen molar-refractivity contribution in [2.45, 2.75) is 54.9 Å². The predicted octanol–water partition coefficient (Wildman–Crippen LogP) is 7.66. The molecule has 3 aromatic carbocycles. The van der Waals surface area contributed by atoms with Crippen LogP contribution in [0.25, 0.3) is 11.1 Å². The van der Waals surface area contributed by atoms with E-state index in [0.29, 0.717) is 11.5 Å². The van der Waals surface area contributed by atoms with Gasteiger partial charge in [0.1, 0.15) is 17.2 Å². The molecule has 0 radical (unpaired) electrons. The van der Waals surface area contributed by atoms with Gasteiger partial charge in [0.15, 0.2) is 0 Å². The smallest absolute Gasteiger partial charge is 0.316 e. The summed E-state index contributed by atoms with van der Waals surface area (Å²) in [6, 6.07) is 22.0. The molecule has 1 N–H and O–H groups in total. The maximum atomic E-state index is 12.3. The van der Waals surface area contributed by atoms with E-state index in [2.05, 4.69) is 6.92 Å². The molecule has 0 unspecified atom stereocenters. The number of phenols is 1. The number of rotatable bonds is 6. The van der Waals surface area contributed by atoms with Gasteiger partial charge in [0.05, 0.1) is 10.8 Å². The van der Waals surface area contributed by atoms with Gasteiger partial charge in [-0.25, -0.2) is 0 Å². The van der Waals surface area contributed by atoms with Crippen molar-refractivity contribution >= 4 is 23.1 Å². The van der Waals surface area contributed by atoms with Crippen LogP contribution in [0.5, 0.6) is 17.2 Å². The average Bonchev–Trinajstić information content (AvgIpc) is 2.83. The Kier molecular flexibility index (Phi) is 8.27. The van der Waals surface area contributed by atoms with Crippen LogP contribution in [0.2, 0.25) is 0 Å². The number of esters is 2. The molecule has 0 aliphatic rings. The van der Waals surface area contributed by atoms with E-state index in [1.54, 1.807) is 36.4 Å². The van der Waals surface area contributed by atoms with Crippen LogP contribution in [-0.4, -0.2) is 17.0 Å². The number of benzene rings is 3. The van der Waals surface area contributed by atoms with E-state index in [1.807, 2.05) is 77.9 Å². The number of hydrogen-bond acceptors (Lipinski definition) is 5. The molecule has 3 rings (SSSR count). The molecular weight excluding hydrogens is 464 g/mol. The number of phenolic OH excluding ortho intramolecular Hbond substituents is 1. The van der Waals surface area contributed by atoms with Gasteiger partial charge in [-0.2, -0.15) is 0 Å². The highest BCUT2D eigenvalue weighted by Gasteiger charge is 2.25. The molecule has 3 aromatic rings. The van der Waals surface area contributed by atoms with Gasteiger partial charge in [-0.1, -0.05) is 43.3 Å². The zero-order valence-corrected chi connectivity index (χ0v) is 22.7. The van der Waals surface area contributed by atoms with Crippen molar-refractivity contribution < 1.29 is 24.2 Å². The lowest BCUT2D eigenvalue weighted by Crippen LogP contribution is -2.25. The molecule has 0 aromatic heterocycles. The fraction of sp³-hybridized carbons (Fsp3) is 0.312. The molecule has 0 saturated carbocycles. The fourth-order valence-electron chi connectivity index (χ4n) is 3.60. The SMILES string of the molecule is CCC(=C(c1ccc(O)cc1)c1ccc(OC(=O)C(C)(C)C)cc1)c1ccc(OC(=O)C(C)(C)C)cc1. The first-order valence-electron chi connectivity index (χ1n) is 12.5. The Hall–Kier alpha value is -3.86. The highest BCUT2D eigenvalue weighted by molar-refractivity contribution is 5.98. The quantitative estimate of drug-likeness (QED) is 0.214. The highest BCUT2D eigenvalue weighted by Crippen LogP contribution is 2.36. The number of hydrogen-bond donors (Lipinski definition) is 1. The standard InChI is InChI=1S/C32H36O5/c1-8-27(21-11-17-25(18-12-21)36-29(34)31(2,3)4)28(22-9-15-24(33)16-10-22)23-13-19-26(20-14-23)37-30(35)32(5,6)7/h9-20,33H,8H2,1-7H3. The summed E-state index contributed by atoms with van der Waals surface area (Å²) in [5.41, 5.74) is 3.77. The van der Waals surface area contributed by atoms with Crippen LogP contribution in [0, 0.1) is 10.8 Å². The Bertz CT molecular complexity index is 1270. The van der Waals surface area contributed by atoms with Crippen LogP contribution in [0.15, 0.2) is 72.8 Å². The van der Waals surface area contributed by atoms with Crippen molar-refractivity contribution in [2.24, 2.45) is 10.8 Å². The van der Waals surface area contributed by atoms with E-state index < -0.39 is 10.8 Å². The molecule has 0 aliphatic carbocycles. The summed E-state index contributed by atoms with van der Waals surface area (Å²) in [5.74, 6) is 0.585. The Morgan fingerprint density at radius 3 is 1.32 bits per heavy atom. The normalized spacial score (nSPS) is 12.5. The van der Waals surface area contributed by atoms with Crippen molar-refractivity contribution in [1.29, 1.82) is 0 Å². The van der Waals surface area contributed by atoms with Gasteiger partial charge in [-0.05, 0) is 112 Å². The Balaban J connectivity index is 2.04. The number of allylic oxidation sites excluding steroid dienone is 1. The molecule has 0 spiro atoms. The van der Waals surface area contributed by atoms with Crippen LogP contribution >= 0.6 is 0 Å². The van der Waals surface area contributed by atoms with Crippen LogP contribution in [0.4, 0.5) is 0 Å². The predicted molar refractivity (Wildman–Crippen MR) is 147 cm³/mol. The molecule has 37 heavy (non-hydrogen) atoms. The van der Waals surface area contributed by atoms with Crippen molar-refractivity contribution in [2.75, 3.05) is 0 Å². The molecule has 0 heterocycles. The Morgan fingerprint density at radius 2 is 0.973 bits per heavy atom. The molecule has 0 atom stereocenters. The van der Waals surface area contributed by atoms with Crippen molar-refractivity contribution in [1.82, 2.24) is 0 Å². The Labute approximate surface area is 219 Å². The van der Waals surface area contributed by atoms with E-state index in [1.165, 1.54) is 0 Å². The minimum Gasteiger partial charge on any atom is -0.508 e. The summed E-state index contributed by atoms with van der Waals surface area (Å²) in [6.45, 7) is 13.0. The van der Waals surface area contributed by atoms with Gasteiger partial charge in [0.2, 0.25) is 0 Å². The molecular formula is C32H36O5. The molecule has 5 nitrogen and oxygen atoms in total. The summed E-state index contributed by atoms with van der Waals surface area (Å²) >= 11 is 0. The molecule has 0 saturated heterocycles. The maximum Gasteiger partial charge on any atom is 0.316 e.